The van der Waals surface area contributed by atoms with Crippen molar-refractivity contribution in [1.82, 2.24) is 0 Å². The maximum Gasteiger partial charge on any atom is 0.0566 e. The third-order valence-corrected chi connectivity index (χ3v) is 5.68. The Balaban J connectivity index is 1.88. The fourth-order valence-corrected chi connectivity index (χ4v) is 4.21. The number of piperazine rings is 1. The van der Waals surface area contributed by atoms with Crippen LogP contribution >= 0.6 is 31.9 Å². The van der Waals surface area contributed by atoms with Crippen LogP contribution in [0.5, 0.6) is 0 Å². The van der Waals surface area contributed by atoms with Gasteiger partial charge in [0.05, 0.1) is 12.1 Å². The van der Waals surface area contributed by atoms with E-state index in [2.05, 4.69) is 102 Å². The minimum Gasteiger partial charge on any atom is -0.367 e. The largest absolute Gasteiger partial charge is 0.367 e. The van der Waals surface area contributed by atoms with Crippen molar-refractivity contribution < 1.29 is 0 Å². The van der Waals surface area contributed by atoms with E-state index in [1.54, 1.807) is 0 Å². The van der Waals surface area contributed by atoms with E-state index in [1.165, 1.54) is 11.4 Å². The van der Waals surface area contributed by atoms with Gasteiger partial charge >= 0.3 is 0 Å². The molecule has 3 rings (SSSR count). The van der Waals surface area contributed by atoms with Gasteiger partial charge in [-0.05, 0) is 24.3 Å². The van der Waals surface area contributed by atoms with Gasteiger partial charge in [0, 0.05) is 35.1 Å². The molecule has 2 atom stereocenters. The smallest absolute Gasteiger partial charge is 0.0566 e. The monoisotopic (exact) mass is 422 g/mol. The number of rotatable bonds is 4. The molecule has 1 saturated heterocycles. The number of benzene rings is 2. The molecular weight excluding hydrogens is 404 g/mol. The first-order chi connectivity index (χ1) is 10.8. The van der Waals surface area contributed by atoms with Crippen molar-refractivity contribution in [2.24, 2.45) is 0 Å². The van der Waals surface area contributed by atoms with Gasteiger partial charge in [-0.15, -0.1) is 0 Å². The number of halogens is 2. The maximum absolute atomic E-state index is 3.72. The first kappa shape index (κ1) is 15.9. The summed E-state index contributed by atoms with van der Waals surface area (Å²) in [6.45, 7) is 2.07. The van der Waals surface area contributed by atoms with Gasteiger partial charge in [-0.2, -0.15) is 0 Å². The van der Waals surface area contributed by atoms with Gasteiger partial charge in [0.1, 0.15) is 0 Å². The highest BCUT2D eigenvalue weighted by Gasteiger charge is 2.33. The van der Waals surface area contributed by atoms with E-state index in [9.17, 15) is 0 Å². The van der Waals surface area contributed by atoms with Crippen LogP contribution in [0.2, 0.25) is 0 Å². The average molecular weight is 424 g/mol. The molecule has 0 radical (unpaired) electrons. The SMILES string of the molecule is BrC[C@@H]1CN(c2ccccc2)C[C@@H](CBr)N1c1ccccc1. The number of hydrogen-bond donors (Lipinski definition) is 0. The Hall–Kier alpha value is -1.00. The highest BCUT2D eigenvalue weighted by atomic mass is 79.9. The summed E-state index contributed by atoms with van der Waals surface area (Å²) in [6, 6.07) is 22.4. The molecule has 0 amide bonds. The molecule has 0 bridgehead atoms. The standard InChI is InChI=1S/C18H20Br2N2/c19-11-17-13-21(15-7-3-1-4-8-15)14-18(12-20)22(17)16-9-5-2-6-10-16/h1-10,17-18H,11-14H2/t17-,18-/m1/s1. The third-order valence-electron chi connectivity index (χ3n) is 4.18. The molecule has 0 spiro atoms. The molecular formula is C18H20Br2N2. The Morgan fingerprint density at radius 3 is 1.64 bits per heavy atom. The molecule has 0 aromatic heterocycles. The Morgan fingerprint density at radius 1 is 0.727 bits per heavy atom. The highest BCUT2D eigenvalue weighted by molar-refractivity contribution is 9.09. The summed E-state index contributed by atoms with van der Waals surface area (Å²) in [5.41, 5.74) is 2.62. The van der Waals surface area contributed by atoms with Crippen LogP contribution in [0.4, 0.5) is 11.4 Å². The van der Waals surface area contributed by atoms with Crippen molar-refractivity contribution >= 4 is 43.2 Å². The van der Waals surface area contributed by atoms with Crippen LogP contribution in [0.3, 0.4) is 0 Å². The summed E-state index contributed by atoms with van der Waals surface area (Å²) in [5, 5.41) is 1.93. The minimum absolute atomic E-state index is 0.457. The zero-order valence-corrected chi connectivity index (χ0v) is 15.6. The van der Waals surface area contributed by atoms with Crippen LogP contribution in [0.15, 0.2) is 60.7 Å². The molecule has 0 N–H and O–H groups in total. The lowest BCUT2D eigenvalue weighted by molar-refractivity contribution is 0.486. The second-order valence-electron chi connectivity index (χ2n) is 5.60. The van der Waals surface area contributed by atoms with Crippen LogP contribution in [-0.2, 0) is 0 Å². The Labute approximate surface area is 149 Å². The van der Waals surface area contributed by atoms with E-state index in [-0.39, 0.29) is 0 Å². The molecule has 1 aliphatic rings. The lowest BCUT2D eigenvalue weighted by Gasteiger charge is -2.48. The predicted octanol–water partition coefficient (Wildman–Crippen LogP) is 4.54. The van der Waals surface area contributed by atoms with E-state index in [1.807, 2.05) is 0 Å². The Kier molecular flexibility index (Phi) is 5.42. The zero-order valence-electron chi connectivity index (χ0n) is 12.4. The molecule has 2 aromatic carbocycles. The molecule has 1 fully saturated rings. The number of alkyl halides is 2. The molecule has 2 nitrogen and oxygen atoms in total. The van der Waals surface area contributed by atoms with Crippen LogP contribution in [0.25, 0.3) is 0 Å². The van der Waals surface area contributed by atoms with Gasteiger partial charge in [0.25, 0.3) is 0 Å². The van der Waals surface area contributed by atoms with Gasteiger partial charge in [0.2, 0.25) is 0 Å². The van der Waals surface area contributed by atoms with Crippen molar-refractivity contribution in [3.05, 3.63) is 60.7 Å². The molecule has 2 aromatic rings. The number of hydrogen-bond acceptors (Lipinski definition) is 2. The lowest BCUT2D eigenvalue weighted by Crippen LogP contribution is -2.60. The van der Waals surface area contributed by atoms with E-state index in [0.717, 1.165) is 23.7 Å². The second kappa shape index (κ2) is 7.51. The molecule has 116 valence electrons. The fourth-order valence-electron chi connectivity index (χ4n) is 3.18. The van der Waals surface area contributed by atoms with Crippen LogP contribution in [0, 0.1) is 0 Å². The number of nitrogens with zero attached hydrogens (tertiary/aromatic N) is 2. The first-order valence-corrected chi connectivity index (χ1v) is 9.83. The summed E-state index contributed by atoms with van der Waals surface area (Å²) in [7, 11) is 0. The van der Waals surface area contributed by atoms with Crippen molar-refractivity contribution in [2.75, 3.05) is 33.5 Å². The molecule has 4 heteroatoms. The van der Waals surface area contributed by atoms with Crippen molar-refractivity contribution in [1.29, 1.82) is 0 Å². The summed E-state index contributed by atoms with van der Waals surface area (Å²) in [6.07, 6.45) is 0. The van der Waals surface area contributed by atoms with Crippen molar-refractivity contribution in [3.63, 3.8) is 0 Å². The molecule has 0 saturated carbocycles. The molecule has 22 heavy (non-hydrogen) atoms. The van der Waals surface area contributed by atoms with E-state index >= 15 is 0 Å². The van der Waals surface area contributed by atoms with Gasteiger partial charge in [-0.3, -0.25) is 0 Å². The topological polar surface area (TPSA) is 6.48 Å². The van der Waals surface area contributed by atoms with E-state index in [4.69, 9.17) is 0 Å². The minimum atomic E-state index is 0.457. The van der Waals surface area contributed by atoms with Crippen LogP contribution < -0.4 is 9.80 Å². The maximum atomic E-state index is 3.72. The van der Waals surface area contributed by atoms with E-state index < -0.39 is 0 Å². The van der Waals surface area contributed by atoms with Crippen molar-refractivity contribution in [3.8, 4) is 0 Å². The summed E-state index contributed by atoms with van der Waals surface area (Å²) in [4.78, 5) is 5.06. The Bertz CT molecular complexity index is 562. The summed E-state index contributed by atoms with van der Waals surface area (Å²) < 4.78 is 0. The fraction of sp³-hybridized carbons (Fsp3) is 0.333. The van der Waals surface area contributed by atoms with Gasteiger partial charge in [-0.1, -0.05) is 68.3 Å². The van der Waals surface area contributed by atoms with Crippen LogP contribution in [0.1, 0.15) is 0 Å². The Morgan fingerprint density at radius 2 is 1.18 bits per heavy atom. The zero-order chi connectivity index (χ0) is 15.4. The average Bonchev–Trinajstić information content (AvgIpc) is 2.62. The number of para-hydroxylation sites is 2. The summed E-state index contributed by atoms with van der Waals surface area (Å²) >= 11 is 7.44. The number of anilines is 2. The predicted molar refractivity (Wildman–Crippen MR) is 103 cm³/mol. The van der Waals surface area contributed by atoms with E-state index in [0.29, 0.717) is 12.1 Å². The molecule has 0 unspecified atom stereocenters. The quantitative estimate of drug-likeness (QED) is 0.666. The normalized spacial score (nSPS) is 21.9. The first-order valence-electron chi connectivity index (χ1n) is 7.58. The lowest BCUT2D eigenvalue weighted by atomic mass is 10.1. The van der Waals surface area contributed by atoms with Crippen molar-refractivity contribution in [2.45, 2.75) is 12.1 Å². The van der Waals surface area contributed by atoms with Crippen LogP contribution in [-0.4, -0.2) is 35.8 Å². The molecule has 0 aliphatic carbocycles. The summed E-state index contributed by atoms with van der Waals surface area (Å²) in [5.74, 6) is 0. The molecule has 1 heterocycles. The third kappa shape index (κ3) is 3.33. The molecule has 1 aliphatic heterocycles. The van der Waals surface area contributed by atoms with Gasteiger partial charge in [-0.25, -0.2) is 0 Å². The second-order valence-corrected chi connectivity index (χ2v) is 6.89. The van der Waals surface area contributed by atoms with Gasteiger partial charge < -0.3 is 9.80 Å². The highest BCUT2D eigenvalue weighted by Crippen LogP contribution is 2.29. The van der Waals surface area contributed by atoms with Gasteiger partial charge in [0.15, 0.2) is 0 Å².